The van der Waals surface area contributed by atoms with Crippen molar-refractivity contribution in [2.24, 2.45) is 5.92 Å². The van der Waals surface area contributed by atoms with Gasteiger partial charge in [-0.1, -0.05) is 13.8 Å². The van der Waals surface area contributed by atoms with Crippen LogP contribution in [0, 0.1) is 5.92 Å². The molecule has 2 aromatic heterocycles. The van der Waals surface area contributed by atoms with Crippen LogP contribution < -0.4 is 10.6 Å². The molecule has 0 saturated heterocycles. The summed E-state index contributed by atoms with van der Waals surface area (Å²) in [6.07, 6.45) is 7.39. The van der Waals surface area contributed by atoms with Gasteiger partial charge in [-0.25, -0.2) is 0 Å². The summed E-state index contributed by atoms with van der Waals surface area (Å²) in [5.74, 6) is 1.34. The zero-order chi connectivity index (χ0) is 14.8. The first-order chi connectivity index (χ1) is 10.2. The first kappa shape index (κ1) is 14.3. The van der Waals surface area contributed by atoms with Crippen molar-refractivity contribution in [3.05, 3.63) is 24.5 Å². The summed E-state index contributed by atoms with van der Waals surface area (Å²) in [5, 5.41) is 1.22. The molecule has 21 heavy (non-hydrogen) atoms. The number of nitrogen functional groups attached to an aromatic ring is 1. The predicted molar refractivity (Wildman–Crippen MR) is 89.6 cm³/mol. The standard InChI is InChI=1S/C16H22N4S/c1-11(2)7-10-20(13-3-4-13)16-14(15(17)19-21-16)12-5-8-18-9-6-12/h5-6,8-9,11,13H,3-4,7,10H2,1-2H3,(H2,17,19). The van der Waals surface area contributed by atoms with Gasteiger partial charge < -0.3 is 10.6 Å². The normalized spacial score (nSPS) is 14.6. The number of pyridine rings is 1. The second kappa shape index (κ2) is 6.02. The maximum Gasteiger partial charge on any atom is 0.147 e. The van der Waals surface area contributed by atoms with Crippen molar-refractivity contribution in [3.63, 3.8) is 0 Å². The molecule has 1 aliphatic carbocycles. The summed E-state index contributed by atoms with van der Waals surface area (Å²) in [4.78, 5) is 6.61. The molecule has 0 unspecified atom stereocenters. The number of anilines is 2. The Balaban J connectivity index is 1.93. The lowest BCUT2D eigenvalue weighted by Gasteiger charge is -2.25. The van der Waals surface area contributed by atoms with Crippen LogP contribution in [0.2, 0.25) is 0 Å². The molecule has 0 bridgehead atoms. The van der Waals surface area contributed by atoms with Crippen LogP contribution in [0.3, 0.4) is 0 Å². The Morgan fingerprint density at radius 2 is 2.05 bits per heavy atom. The molecule has 2 N–H and O–H groups in total. The van der Waals surface area contributed by atoms with E-state index in [-0.39, 0.29) is 0 Å². The molecular weight excluding hydrogens is 280 g/mol. The van der Waals surface area contributed by atoms with Crippen LogP contribution in [0.25, 0.3) is 11.1 Å². The third kappa shape index (κ3) is 3.18. The zero-order valence-electron chi connectivity index (χ0n) is 12.6. The number of nitrogens with two attached hydrogens (primary N) is 1. The van der Waals surface area contributed by atoms with Crippen molar-refractivity contribution in [1.29, 1.82) is 0 Å². The minimum atomic E-state index is 0.636. The van der Waals surface area contributed by atoms with Gasteiger partial charge >= 0.3 is 0 Å². The fourth-order valence-electron chi connectivity index (χ4n) is 2.51. The zero-order valence-corrected chi connectivity index (χ0v) is 13.4. The Morgan fingerprint density at radius 1 is 1.33 bits per heavy atom. The van der Waals surface area contributed by atoms with Gasteiger partial charge in [0.2, 0.25) is 0 Å². The van der Waals surface area contributed by atoms with Crippen LogP contribution in [0.15, 0.2) is 24.5 Å². The van der Waals surface area contributed by atoms with Gasteiger partial charge in [0.1, 0.15) is 10.8 Å². The highest BCUT2D eigenvalue weighted by Crippen LogP contribution is 2.43. The van der Waals surface area contributed by atoms with Gasteiger partial charge in [0.15, 0.2) is 0 Å². The van der Waals surface area contributed by atoms with Crippen molar-refractivity contribution in [3.8, 4) is 11.1 Å². The molecule has 0 aromatic carbocycles. The lowest BCUT2D eigenvalue weighted by Crippen LogP contribution is -2.27. The van der Waals surface area contributed by atoms with E-state index in [4.69, 9.17) is 5.73 Å². The second-order valence-corrected chi connectivity index (χ2v) is 6.84. The number of aromatic nitrogens is 2. The molecule has 0 atom stereocenters. The lowest BCUT2D eigenvalue weighted by molar-refractivity contribution is 0.572. The quantitative estimate of drug-likeness (QED) is 0.881. The van der Waals surface area contributed by atoms with E-state index in [1.54, 1.807) is 0 Å². The average molecular weight is 302 g/mol. The van der Waals surface area contributed by atoms with E-state index in [9.17, 15) is 0 Å². The van der Waals surface area contributed by atoms with E-state index in [2.05, 4.69) is 28.1 Å². The molecule has 1 aliphatic rings. The summed E-state index contributed by atoms with van der Waals surface area (Å²) >= 11 is 1.53. The van der Waals surface area contributed by atoms with Gasteiger partial charge in [0.05, 0.1) is 5.56 Å². The minimum absolute atomic E-state index is 0.636. The van der Waals surface area contributed by atoms with Crippen LogP contribution in [0.4, 0.5) is 10.8 Å². The van der Waals surface area contributed by atoms with E-state index in [1.807, 2.05) is 24.5 Å². The fraction of sp³-hybridized carbons (Fsp3) is 0.500. The van der Waals surface area contributed by atoms with Crippen molar-refractivity contribution >= 4 is 22.4 Å². The smallest absolute Gasteiger partial charge is 0.147 e. The van der Waals surface area contributed by atoms with Crippen LogP contribution in [-0.4, -0.2) is 21.9 Å². The van der Waals surface area contributed by atoms with E-state index >= 15 is 0 Å². The SMILES string of the molecule is CC(C)CCN(c1snc(N)c1-c1ccncc1)C1CC1. The van der Waals surface area contributed by atoms with Crippen LogP contribution >= 0.6 is 11.5 Å². The Hall–Kier alpha value is -1.62. The maximum absolute atomic E-state index is 6.14. The molecule has 3 rings (SSSR count). The Bertz CT molecular complexity index is 590. The van der Waals surface area contributed by atoms with Gasteiger partial charge in [-0.2, -0.15) is 4.37 Å². The molecule has 0 radical (unpaired) electrons. The maximum atomic E-state index is 6.14. The highest BCUT2D eigenvalue weighted by molar-refractivity contribution is 7.11. The van der Waals surface area contributed by atoms with Gasteiger partial charge in [-0.3, -0.25) is 4.98 Å². The Labute approximate surface area is 130 Å². The van der Waals surface area contributed by atoms with Crippen LogP contribution in [0.1, 0.15) is 33.1 Å². The van der Waals surface area contributed by atoms with E-state index in [1.165, 1.54) is 35.8 Å². The summed E-state index contributed by atoms with van der Waals surface area (Å²) in [6.45, 7) is 5.63. The number of nitrogens with zero attached hydrogens (tertiary/aromatic N) is 3. The largest absolute Gasteiger partial charge is 0.382 e. The molecule has 4 nitrogen and oxygen atoms in total. The van der Waals surface area contributed by atoms with Crippen molar-refractivity contribution in [1.82, 2.24) is 9.36 Å². The molecule has 0 aliphatic heterocycles. The average Bonchev–Trinajstić information content (AvgIpc) is 3.23. The second-order valence-electron chi connectivity index (χ2n) is 6.09. The van der Waals surface area contributed by atoms with E-state index in [0.29, 0.717) is 17.8 Å². The molecule has 5 heteroatoms. The van der Waals surface area contributed by atoms with Gasteiger partial charge in [-0.15, -0.1) is 0 Å². The number of hydrogen-bond acceptors (Lipinski definition) is 5. The van der Waals surface area contributed by atoms with Crippen molar-refractivity contribution in [2.75, 3.05) is 17.2 Å². The fourth-order valence-corrected chi connectivity index (χ4v) is 3.45. The summed E-state index contributed by atoms with van der Waals surface area (Å²) in [7, 11) is 0. The van der Waals surface area contributed by atoms with Crippen LogP contribution in [-0.2, 0) is 0 Å². The Kier molecular flexibility index (Phi) is 4.10. The van der Waals surface area contributed by atoms with Crippen molar-refractivity contribution < 1.29 is 0 Å². The van der Waals surface area contributed by atoms with Crippen LogP contribution in [0.5, 0.6) is 0 Å². The molecule has 112 valence electrons. The summed E-state index contributed by atoms with van der Waals surface area (Å²) < 4.78 is 4.41. The van der Waals surface area contributed by atoms with Gasteiger partial charge in [0, 0.05) is 25.0 Å². The summed E-state index contributed by atoms with van der Waals surface area (Å²) in [5.41, 5.74) is 8.33. The highest BCUT2D eigenvalue weighted by atomic mass is 32.1. The Morgan fingerprint density at radius 3 is 2.67 bits per heavy atom. The molecular formula is C16H22N4S. The predicted octanol–water partition coefficient (Wildman–Crippen LogP) is 3.80. The third-order valence-electron chi connectivity index (χ3n) is 3.87. The molecule has 2 heterocycles. The molecule has 2 aromatic rings. The van der Waals surface area contributed by atoms with Gasteiger partial charge in [0.25, 0.3) is 0 Å². The first-order valence-electron chi connectivity index (χ1n) is 7.59. The summed E-state index contributed by atoms with van der Waals surface area (Å²) in [6, 6.07) is 4.69. The monoisotopic (exact) mass is 302 g/mol. The first-order valence-corrected chi connectivity index (χ1v) is 8.36. The lowest BCUT2D eigenvalue weighted by atomic mass is 10.1. The van der Waals surface area contributed by atoms with Gasteiger partial charge in [-0.05, 0) is 54.4 Å². The number of rotatable bonds is 6. The molecule has 0 spiro atoms. The molecule has 1 fully saturated rings. The molecule has 1 saturated carbocycles. The van der Waals surface area contributed by atoms with E-state index < -0.39 is 0 Å². The minimum Gasteiger partial charge on any atom is -0.382 e. The number of hydrogen-bond donors (Lipinski definition) is 1. The third-order valence-corrected chi connectivity index (χ3v) is 4.76. The van der Waals surface area contributed by atoms with Crippen molar-refractivity contribution in [2.45, 2.75) is 39.2 Å². The van der Waals surface area contributed by atoms with E-state index in [0.717, 1.165) is 17.7 Å². The molecule has 0 amide bonds. The highest BCUT2D eigenvalue weighted by Gasteiger charge is 2.32. The topological polar surface area (TPSA) is 55.0 Å².